The van der Waals surface area contributed by atoms with Gasteiger partial charge in [-0.15, -0.1) is 29.8 Å². The van der Waals surface area contributed by atoms with Gasteiger partial charge < -0.3 is 10.3 Å². The summed E-state index contributed by atoms with van der Waals surface area (Å²) in [5, 5.41) is 3.47. The summed E-state index contributed by atoms with van der Waals surface area (Å²) in [4.78, 5) is 4.37. The van der Waals surface area contributed by atoms with E-state index in [9.17, 15) is 0 Å². The van der Waals surface area contributed by atoms with E-state index in [1.165, 1.54) is 29.5 Å². The fraction of sp³-hybridized carbons (Fsp3) is 0.227. The number of aromatic nitrogens is 1. The number of benzene rings is 2. The summed E-state index contributed by atoms with van der Waals surface area (Å²) in [5.41, 5.74) is 5.70. The molecule has 0 aliphatic rings. The second-order valence-corrected chi connectivity index (χ2v) is 5.93. The molecular weight excluding hydrogens is 292 g/mol. The van der Waals surface area contributed by atoms with Gasteiger partial charge in [-0.2, -0.15) is 0 Å². The van der Waals surface area contributed by atoms with Crippen LogP contribution < -0.4 is 5.32 Å². The topological polar surface area (TPSA) is 24.9 Å². The van der Waals surface area contributed by atoms with Crippen LogP contribution in [0.1, 0.15) is 25.3 Å². The summed E-state index contributed by atoms with van der Waals surface area (Å²) in [5.74, 6) is 0. The van der Waals surface area contributed by atoms with Crippen molar-refractivity contribution in [2.75, 3.05) is 6.54 Å². The van der Waals surface area contributed by atoms with E-state index in [1.54, 1.807) is 0 Å². The quantitative estimate of drug-likeness (QED) is 0.484. The van der Waals surface area contributed by atoms with Crippen molar-refractivity contribution in [2.24, 2.45) is 0 Å². The predicted molar refractivity (Wildman–Crippen MR) is 101 cm³/mol. The van der Waals surface area contributed by atoms with Crippen molar-refractivity contribution in [3.05, 3.63) is 78.5 Å². The second kappa shape index (κ2) is 8.42. The molecule has 0 fully saturated rings. The summed E-state index contributed by atoms with van der Waals surface area (Å²) in [6.07, 6.45) is 4.28. The van der Waals surface area contributed by atoms with Crippen LogP contribution in [0.25, 0.3) is 22.4 Å². The van der Waals surface area contributed by atoms with E-state index >= 15 is 0 Å². The van der Waals surface area contributed by atoms with E-state index < -0.39 is 0 Å². The molecule has 2 aromatic carbocycles. The smallest absolute Gasteiger partial charge is 0.0205 e. The minimum atomic E-state index is 0.936. The molecule has 2 nitrogen and oxygen atoms in total. The van der Waals surface area contributed by atoms with Crippen LogP contribution in [0, 0.1) is 6.07 Å². The summed E-state index contributed by atoms with van der Waals surface area (Å²) in [7, 11) is 0. The summed E-state index contributed by atoms with van der Waals surface area (Å²) >= 11 is 0. The molecule has 0 saturated heterocycles. The number of unbranched alkanes of at least 4 members (excludes halogenated alkanes) is 1. The average Bonchev–Trinajstić information content (AvgIpc) is 2.67. The second-order valence-electron chi connectivity index (χ2n) is 5.93. The standard InChI is InChI=1S/C22H23N2/c1-2-3-15-23-17-18-7-9-19(10-8-18)20-11-13-21(14-12-20)22-6-4-5-16-24-22/h4-13,16,23H,2-3,15,17H2,1H3/q-1. The lowest BCUT2D eigenvalue weighted by Crippen LogP contribution is -2.14. The first-order valence-corrected chi connectivity index (χ1v) is 8.60. The Morgan fingerprint density at radius 3 is 2.46 bits per heavy atom. The number of rotatable bonds is 7. The molecule has 0 radical (unpaired) electrons. The van der Waals surface area contributed by atoms with Gasteiger partial charge in [-0.1, -0.05) is 60.9 Å². The van der Waals surface area contributed by atoms with E-state index in [0.29, 0.717) is 0 Å². The number of nitrogens with one attached hydrogen (secondary N) is 1. The lowest BCUT2D eigenvalue weighted by Gasteiger charge is -2.12. The van der Waals surface area contributed by atoms with Crippen LogP contribution in [0.2, 0.25) is 0 Å². The molecule has 0 aliphatic heterocycles. The third-order valence-corrected chi connectivity index (χ3v) is 4.08. The van der Waals surface area contributed by atoms with Gasteiger partial charge in [0.1, 0.15) is 0 Å². The zero-order chi connectivity index (χ0) is 16.6. The van der Waals surface area contributed by atoms with Crippen molar-refractivity contribution >= 4 is 0 Å². The van der Waals surface area contributed by atoms with Gasteiger partial charge in [0.05, 0.1) is 0 Å². The lowest BCUT2D eigenvalue weighted by molar-refractivity contribution is 0.641. The van der Waals surface area contributed by atoms with Crippen LogP contribution in [-0.4, -0.2) is 11.5 Å². The normalized spacial score (nSPS) is 10.7. The van der Waals surface area contributed by atoms with E-state index in [2.05, 4.69) is 59.7 Å². The monoisotopic (exact) mass is 315 g/mol. The molecule has 24 heavy (non-hydrogen) atoms. The maximum absolute atomic E-state index is 4.37. The van der Waals surface area contributed by atoms with Gasteiger partial charge in [0.25, 0.3) is 0 Å². The Kier molecular flexibility index (Phi) is 5.75. The number of nitrogens with zero attached hydrogens (tertiary/aromatic N) is 1. The zero-order valence-corrected chi connectivity index (χ0v) is 14.1. The SMILES string of the molecule is CCCCNCc1ccc(-c2c[c-]c(-c3ccccn3)cc2)cc1. The minimum Gasteiger partial charge on any atom is -0.313 e. The molecule has 0 atom stereocenters. The van der Waals surface area contributed by atoms with Gasteiger partial charge in [-0.05, 0) is 30.3 Å². The number of hydrogen-bond donors (Lipinski definition) is 1. The summed E-state index contributed by atoms with van der Waals surface area (Å²) < 4.78 is 0. The molecule has 1 N–H and O–H groups in total. The molecular formula is C22H23N2-. The molecule has 3 rings (SSSR count). The summed E-state index contributed by atoms with van der Waals surface area (Å²) in [6.45, 7) is 4.24. The minimum absolute atomic E-state index is 0.936. The van der Waals surface area contributed by atoms with Crippen molar-refractivity contribution in [3.63, 3.8) is 0 Å². The molecule has 3 aromatic rings. The highest BCUT2D eigenvalue weighted by molar-refractivity contribution is 5.68. The average molecular weight is 315 g/mol. The lowest BCUT2D eigenvalue weighted by atomic mass is 10.0. The van der Waals surface area contributed by atoms with Gasteiger partial charge in [0.15, 0.2) is 0 Å². The zero-order valence-electron chi connectivity index (χ0n) is 14.1. The Labute approximate surface area is 144 Å². The van der Waals surface area contributed by atoms with Gasteiger partial charge in [0, 0.05) is 12.7 Å². The van der Waals surface area contributed by atoms with E-state index in [-0.39, 0.29) is 0 Å². The molecule has 2 heteroatoms. The molecule has 0 bridgehead atoms. The first-order valence-electron chi connectivity index (χ1n) is 8.60. The highest BCUT2D eigenvalue weighted by Gasteiger charge is 1.96. The van der Waals surface area contributed by atoms with Gasteiger partial charge in [0.2, 0.25) is 0 Å². The third kappa shape index (κ3) is 4.30. The molecule has 0 aliphatic carbocycles. The maximum Gasteiger partial charge on any atom is 0.0205 e. The van der Waals surface area contributed by atoms with Crippen molar-refractivity contribution in [3.8, 4) is 22.4 Å². The van der Waals surface area contributed by atoms with Crippen molar-refractivity contribution in [1.82, 2.24) is 10.3 Å². The molecule has 0 saturated carbocycles. The van der Waals surface area contributed by atoms with E-state index in [1.807, 2.05) is 30.5 Å². The van der Waals surface area contributed by atoms with Gasteiger partial charge in [-0.3, -0.25) is 0 Å². The molecule has 0 spiro atoms. The fourth-order valence-electron chi connectivity index (χ4n) is 2.64. The largest absolute Gasteiger partial charge is 0.313 e. The van der Waals surface area contributed by atoms with Crippen LogP contribution >= 0.6 is 0 Å². The Bertz CT molecular complexity index is 731. The molecule has 122 valence electrons. The number of hydrogen-bond acceptors (Lipinski definition) is 2. The fourth-order valence-corrected chi connectivity index (χ4v) is 2.64. The van der Waals surface area contributed by atoms with Crippen molar-refractivity contribution in [2.45, 2.75) is 26.3 Å². The molecule has 1 aromatic heterocycles. The maximum atomic E-state index is 4.37. The van der Waals surface area contributed by atoms with Crippen LogP contribution in [0.5, 0.6) is 0 Å². The number of pyridine rings is 1. The Morgan fingerprint density at radius 1 is 0.958 bits per heavy atom. The molecule has 0 amide bonds. The van der Waals surface area contributed by atoms with Gasteiger partial charge >= 0.3 is 0 Å². The molecule has 1 heterocycles. The summed E-state index contributed by atoms with van der Waals surface area (Å²) in [6, 6.07) is 24.3. The Balaban J connectivity index is 1.66. The van der Waals surface area contributed by atoms with E-state index in [0.717, 1.165) is 24.3 Å². The van der Waals surface area contributed by atoms with Crippen molar-refractivity contribution < 1.29 is 0 Å². The first-order chi connectivity index (χ1) is 11.9. The van der Waals surface area contributed by atoms with Crippen molar-refractivity contribution in [1.29, 1.82) is 0 Å². The Hall–Kier alpha value is -2.45. The highest BCUT2D eigenvalue weighted by Crippen LogP contribution is 2.23. The predicted octanol–water partition coefficient (Wildman–Crippen LogP) is 5.11. The highest BCUT2D eigenvalue weighted by atomic mass is 14.8. The van der Waals surface area contributed by atoms with Crippen LogP contribution in [0.4, 0.5) is 0 Å². The van der Waals surface area contributed by atoms with Crippen LogP contribution in [0.3, 0.4) is 0 Å². The van der Waals surface area contributed by atoms with Crippen LogP contribution in [-0.2, 0) is 6.54 Å². The third-order valence-electron chi connectivity index (χ3n) is 4.08. The van der Waals surface area contributed by atoms with Gasteiger partial charge in [-0.25, -0.2) is 0 Å². The molecule has 0 unspecified atom stereocenters. The first kappa shape index (κ1) is 16.4. The van der Waals surface area contributed by atoms with Crippen LogP contribution in [0.15, 0.2) is 66.9 Å². The van der Waals surface area contributed by atoms with E-state index in [4.69, 9.17) is 0 Å². The Morgan fingerprint density at radius 2 is 1.79 bits per heavy atom.